The molecule has 1 rings (SSSR count). The Balaban J connectivity index is 2.35. The molecule has 0 aliphatic heterocycles. The molecule has 2 N–H and O–H groups in total. The van der Waals surface area contributed by atoms with Crippen LogP contribution in [0.15, 0.2) is 0 Å². The van der Waals surface area contributed by atoms with Gasteiger partial charge in [0.15, 0.2) is 0 Å². The highest BCUT2D eigenvalue weighted by atomic mass is 32.2. The standard InChI is InChI=1S/C13H24N2O3S/c1-2-19-9-5-8-14-13(18)15(10-12(16)17)11-6-3-4-7-11/h11H,2-10H2,1H3,(H,14,18)(H,16,17). The van der Waals surface area contributed by atoms with Crippen LogP contribution in [0.3, 0.4) is 0 Å². The Hall–Kier alpha value is -0.910. The lowest BCUT2D eigenvalue weighted by molar-refractivity contribution is -0.138. The van der Waals surface area contributed by atoms with Gasteiger partial charge in [-0.2, -0.15) is 11.8 Å². The van der Waals surface area contributed by atoms with Gasteiger partial charge in [0.1, 0.15) is 6.54 Å². The molecule has 0 bridgehead atoms. The van der Waals surface area contributed by atoms with Gasteiger partial charge < -0.3 is 15.3 Å². The molecular formula is C13H24N2O3S. The van der Waals surface area contributed by atoms with Gasteiger partial charge in [-0.05, 0) is 30.8 Å². The van der Waals surface area contributed by atoms with Crippen molar-refractivity contribution in [3.8, 4) is 0 Å². The molecule has 0 unspecified atom stereocenters. The first-order chi connectivity index (χ1) is 9.15. The number of amides is 2. The summed E-state index contributed by atoms with van der Waals surface area (Å²) in [6.07, 6.45) is 4.94. The molecule has 0 atom stereocenters. The number of rotatable bonds is 8. The Morgan fingerprint density at radius 3 is 2.63 bits per heavy atom. The Morgan fingerprint density at radius 2 is 2.05 bits per heavy atom. The normalized spacial score (nSPS) is 15.4. The summed E-state index contributed by atoms with van der Waals surface area (Å²) in [5, 5.41) is 11.7. The molecule has 1 aliphatic rings. The fourth-order valence-electron chi connectivity index (χ4n) is 2.34. The van der Waals surface area contributed by atoms with E-state index in [0.29, 0.717) is 6.54 Å². The van der Waals surface area contributed by atoms with Gasteiger partial charge in [0.05, 0.1) is 0 Å². The monoisotopic (exact) mass is 288 g/mol. The third-order valence-electron chi connectivity index (χ3n) is 3.28. The van der Waals surface area contributed by atoms with Crippen LogP contribution in [0.2, 0.25) is 0 Å². The number of carboxylic acids is 1. The smallest absolute Gasteiger partial charge is 0.323 e. The second-order valence-electron chi connectivity index (χ2n) is 4.74. The van der Waals surface area contributed by atoms with E-state index in [0.717, 1.165) is 43.6 Å². The van der Waals surface area contributed by atoms with Crippen molar-refractivity contribution in [2.75, 3.05) is 24.6 Å². The van der Waals surface area contributed by atoms with Gasteiger partial charge in [-0.1, -0.05) is 19.8 Å². The van der Waals surface area contributed by atoms with Crippen LogP contribution in [0.1, 0.15) is 39.0 Å². The van der Waals surface area contributed by atoms with E-state index in [4.69, 9.17) is 5.11 Å². The lowest BCUT2D eigenvalue weighted by Gasteiger charge is -2.27. The summed E-state index contributed by atoms with van der Waals surface area (Å²) in [5.41, 5.74) is 0. The predicted molar refractivity (Wildman–Crippen MR) is 77.6 cm³/mol. The molecular weight excluding hydrogens is 264 g/mol. The zero-order valence-electron chi connectivity index (χ0n) is 11.6. The second-order valence-corrected chi connectivity index (χ2v) is 6.14. The third-order valence-corrected chi connectivity index (χ3v) is 4.26. The van der Waals surface area contributed by atoms with Crippen LogP contribution >= 0.6 is 11.8 Å². The van der Waals surface area contributed by atoms with Crippen molar-refractivity contribution in [2.24, 2.45) is 0 Å². The van der Waals surface area contributed by atoms with Gasteiger partial charge in [0.25, 0.3) is 0 Å². The molecule has 1 fully saturated rings. The SMILES string of the molecule is CCSCCCNC(=O)N(CC(=O)O)C1CCCC1. The van der Waals surface area contributed by atoms with Gasteiger partial charge in [0, 0.05) is 12.6 Å². The Bertz CT molecular complexity index is 294. The lowest BCUT2D eigenvalue weighted by atomic mass is 10.2. The maximum absolute atomic E-state index is 12.0. The van der Waals surface area contributed by atoms with Gasteiger partial charge >= 0.3 is 12.0 Å². The van der Waals surface area contributed by atoms with Crippen LogP contribution < -0.4 is 5.32 Å². The number of nitrogens with one attached hydrogen (secondary N) is 1. The minimum atomic E-state index is -0.941. The molecule has 0 spiro atoms. The van der Waals surface area contributed by atoms with Crippen molar-refractivity contribution >= 4 is 23.8 Å². The highest BCUT2D eigenvalue weighted by Gasteiger charge is 2.27. The quantitative estimate of drug-likeness (QED) is 0.672. The van der Waals surface area contributed by atoms with Crippen molar-refractivity contribution in [3.63, 3.8) is 0 Å². The van der Waals surface area contributed by atoms with Crippen LogP contribution in [0, 0.1) is 0 Å². The first-order valence-corrected chi connectivity index (χ1v) is 8.14. The predicted octanol–water partition coefficient (Wildman–Crippen LogP) is 2.17. The number of thioether (sulfide) groups is 1. The van der Waals surface area contributed by atoms with Gasteiger partial charge in [0.2, 0.25) is 0 Å². The van der Waals surface area contributed by atoms with Crippen molar-refractivity contribution in [3.05, 3.63) is 0 Å². The molecule has 1 aliphatic carbocycles. The van der Waals surface area contributed by atoms with E-state index < -0.39 is 5.97 Å². The topological polar surface area (TPSA) is 69.6 Å². The molecule has 5 nitrogen and oxygen atoms in total. The van der Waals surface area contributed by atoms with Crippen LogP contribution in [0.25, 0.3) is 0 Å². The van der Waals surface area contributed by atoms with Crippen molar-refractivity contribution in [1.82, 2.24) is 10.2 Å². The highest BCUT2D eigenvalue weighted by molar-refractivity contribution is 7.99. The number of nitrogens with zero attached hydrogens (tertiary/aromatic N) is 1. The van der Waals surface area contributed by atoms with Crippen LogP contribution in [-0.2, 0) is 4.79 Å². The van der Waals surface area contributed by atoms with Crippen molar-refractivity contribution < 1.29 is 14.7 Å². The molecule has 2 amide bonds. The highest BCUT2D eigenvalue weighted by Crippen LogP contribution is 2.23. The van der Waals surface area contributed by atoms with Crippen molar-refractivity contribution in [1.29, 1.82) is 0 Å². The molecule has 0 saturated heterocycles. The number of urea groups is 1. The second kappa shape index (κ2) is 9.07. The maximum Gasteiger partial charge on any atom is 0.323 e. The molecule has 6 heteroatoms. The zero-order chi connectivity index (χ0) is 14.1. The Labute approximate surface area is 119 Å². The zero-order valence-corrected chi connectivity index (χ0v) is 12.4. The number of hydrogen-bond donors (Lipinski definition) is 2. The average molecular weight is 288 g/mol. The molecule has 110 valence electrons. The number of hydrogen-bond acceptors (Lipinski definition) is 3. The van der Waals surface area contributed by atoms with Crippen LogP contribution in [0.5, 0.6) is 0 Å². The average Bonchev–Trinajstić information content (AvgIpc) is 2.89. The van der Waals surface area contributed by atoms with Crippen LogP contribution in [-0.4, -0.2) is 52.6 Å². The largest absolute Gasteiger partial charge is 0.480 e. The number of aliphatic carboxylic acids is 1. The fourth-order valence-corrected chi connectivity index (χ4v) is 2.98. The Kier molecular flexibility index (Phi) is 7.70. The molecule has 19 heavy (non-hydrogen) atoms. The summed E-state index contributed by atoms with van der Waals surface area (Å²) in [7, 11) is 0. The fraction of sp³-hybridized carbons (Fsp3) is 0.846. The minimum absolute atomic E-state index is 0.0983. The summed E-state index contributed by atoms with van der Waals surface area (Å²) in [6, 6.07) is -0.128. The van der Waals surface area contributed by atoms with Gasteiger partial charge in [-0.3, -0.25) is 4.79 Å². The van der Waals surface area contributed by atoms with Crippen LogP contribution in [0.4, 0.5) is 4.79 Å². The number of carbonyl (C=O) groups excluding carboxylic acids is 1. The summed E-state index contributed by atoms with van der Waals surface area (Å²) in [4.78, 5) is 24.4. The number of carboxylic acid groups (broad SMARTS) is 1. The molecule has 0 heterocycles. The van der Waals surface area contributed by atoms with E-state index in [1.165, 1.54) is 4.90 Å². The molecule has 0 aromatic heterocycles. The summed E-state index contributed by atoms with van der Waals surface area (Å²) >= 11 is 1.85. The lowest BCUT2D eigenvalue weighted by Crippen LogP contribution is -2.47. The molecule has 0 radical (unpaired) electrons. The van der Waals surface area contributed by atoms with E-state index in [2.05, 4.69) is 12.2 Å². The van der Waals surface area contributed by atoms with E-state index in [-0.39, 0.29) is 18.6 Å². The molecule has 1 saturated carbocycles. The summed E-state index contributed by atoms with van der Waals surface area (Å²) in [6.45, 7) is 2.53. The van der Waals surface area contributed by atoms with E-state index in [1.54, 1.807) is 0 Å². The third kappa shape index (κ3) is 6.18. The first kappa shape index (κ1) is 16.1. The van der Waals surface area contributed by atoms with Gasteiger partial charge in [-0.15, -0.1) is 0 Å². The van der Waals surface area contributed by atoms with E-state index in [1.807, 2.05) is 11.8 Å². The summed E-state index contributed by atoms with van der Waals surface area (Å²) < 4.78 is 0. The number of carbonyl (C=O) groups is 2. The molecule has 0 aromatic carbocycles. The molecule has 0 aromatic rings. The first-order valence-electron chi connectivity index (χ1n) is 6.99. The maximum atomic E-state index is 12.0. The van der Waals surface area contributed by atoms with E-state index in [9.17, 15) is 9.59 Å². The van der Waals surface area contributed by atoms with Gasteiger partial charge in [-0.25, -0.2) is 4.79 Å². The van der Waals surface area contributed by atoms with Crippen molar-refractivity contribution in [2.45, 2.75) is 45.1 Å². The van der Waals surface area contributed by atoms with E-state index >= 15 is 0 Å². The Morgan fingerprint density at radius 1 is 1.37 bits per heavy atom. The minimum Gasteiger partial charge on any atom is -0.480 e. The summed E-state index contributed by atoms with van der Waals surface area (Å²) in [5.74, 6) is 1.17.